The average molecular weight is 314 g/mol. The van der Waals surface area contributed by atoms with Crippen LogP contribution in [-0.2, 0) is 18.9 Å². The van der Waals surface area contributed by atoms with Crippen molar-refractivity contribution in [2.75, 3.05) is 13.7 Å². The summed E-state index contributed by atoms with van der Waals surface area (Å²) in [4.78, 5) is 0. The van der Waals surface area contributed by atoms with Crippen LogP contribution in [0.5, 0.6) is 0 Å². The number of hydrogen-bond acceptors (Lipinski definition) is 6. The van der Waals surface area contributed by atoms with Gasteiger partial charge < -0.3 is 18.9 Å². The molecular weight excluding hydrogens is 296 g/mol. The van der Waals surface area contributed by atoms with Crippen LogP contribution in [0, 0.1) is 0 Å². The third kappa shape index (κ3) is 2.73. The molecule has 1 aromatic rings. The Hall–Kier alpha value is -0.240. The smallest absolute Gasteiger partial charge is 0.184 e. The predicted molar refractivity (Wildman–Crippen MR) is 81.2 cm³/mol. The summed E-state index contributed by atoms with van der Waals surface area (Å²) in [5, 5.41) is -0.212. The highest BCUT2D eigenvalue weighted by molar-refractivity contribution is 7.85. The molecule has 0 amide bonds. The van der Waals surface area contributed by atoms with Crippen molar-refractivity contribution in [2.24, 2.45) is 0 Å². The number of hydrogen-bond donors (Lipinski definition) is 2. The number of fused-ring (bicyclic) bond motifs is 1. The predicted octanol–water partition coefficient (Wildman–Crippen LogP) is 2.07. The number of benzene rings is 1. The number of methoxy groups -OCH3 is 1. The highest BCUT2D eigenvalue weighted by atomic mass is 32.1. The maximum Gasteiger partial charge on any atom is 0.184 e. The quantitative estimate of drug-likeness (QED) is 0.820. The lowest BCUT2D eigenvalue weighted by molar-refractivity contribution is -0.308. The highest BCUT2D eigenvalue weighted by Gasteiger charge is 2.47. The van der Waals surface area contributed by atoms with E-state index in [4.69, 9.17) is 18.9 Å². The summed E-state index contributed by atoms with van der Waals surface area (Å²) in [7, 11) is 1.60. The summed E-state index contributed by atoms with van der Waals surface area (Å²) >= 11 is 9.15. The van der Waals surface area contributed by atoms with Crippen molar-refractivity contribution in [1.29, 1.82) is 0 Å². The van der Waals surface area contributed by atoms with E-state index in [-0.39, 0.29) is 35.3 Å². The van der Waals surface area contributed by atoms with Crippen LogP contribution in [0.3, 0.4) is 0 Å². The van der Waals surface area contributed by atoms with E-state index in [1.807, 2.05) is 30.3 Å². The molecule has 20 heavy (non-hydrogen) atoms. The minimum absolute atomic E-state index is 0.0721. The summed E-state index contributed by atoms with van der Waals surface area (Å²) in [6.07, 6.45) is -1.10. The van der Waals surface area contributed by atoms with Gasteiger partial charge in [0, 0.05) is 17.9 Å². The van der Waals surface area contributed by atoms with Crippen LogP contribution < -0.4 is 0 Å². The van der Waals surface area contributed by atoms with Crippen molar-refractivity contribution in [2.45, 2.75) is 35.3 Å². The van der Waals surface area contributed by atoms with Crippen LogP contribution in [0.2, 0.25) is 0 Å². The molecule has 0 aliphatic carbocycles. The fraction of sp³-hybridized carbons (Fsp3) is 0.571. The molecule has 0 spiro atoms. The Labute approximate surface area is 129 Å². The molecular formula is C14H18O4S2. The van der Waals surface area contributed by atoms with E-state index in [0.29, 0.717) is 6.61 Å². The van der Waals surface area contributed by atoms with Crippen molar-refractivity contribution in [3.8, 4) is 0 Å². The van der Waals surface area contributed by atoms with E-state index in [9.17, 15) is 0 Å². The van der Waals surface area contributed by atoms with Crippen molar-refractivity contribution >= 4 is 25.3 Å². The largest absolute Gasteiger partial charge is 0.355 e. The Bertz CT molecular complexity index is 442. The number of rotatable bonds is 2. The number of ether oxygens (including phenoxy) is 4. The maximum absolute atomic E-state index is 6.02. The number of thiol groups is 2. The molecule has 6 atom stereocenters. The average Bonchev–Trinajstić information content (AvgIpc) is 2.51. The minimum Gasteiger partial charge on any atom is -0.355 e. The molecule has 1 aromatic carbocycles. The molecule has 4 nitrogen and oxygen atoms in total. The summed E-state index contributed by atoms with van der Waals surface area (Å²) in [5.74, 6) is 0. The van der Waals surface area contributed by atoms with Crippen LogP contribution in [0.1, 0.15) is 11.9 Å². The van der Waals surface area contributed by atoms with Gasteiger partial charge in [0.2, 0.25) is 0 Å². The highest BCUT2D eigenvalue weighted by Crippen LogP contribution is 2.37. The van der Waals surface area contributed by atoms with E-state index in [0.717, 1.165) is 5.56 Å². The minimum atomic E-state index is -0.387. The molecule has 2 aliphatic rings. The van der Waals surface area contributed by atoms with Gasteiger partial charge >= 0.3 is 0 Å². The van der Waals surface area contributed by atoms with Crippen LogP contribution in [-0.4, -0.2) is 42.7 Å². The second-order valence-electron chi connectivity index (χ2n) is 4.94. The fourth-order valence-electron chi connectivity index (χ4n) is 2.55. The Kier molecular flexibility index (Phi) is 4.59. The van der Waals surface area contributed by atoms with E-state index < -0.39 is 0 Å². The molecule has 2 aliphatic heterocycles. The van der Waals surface area contributed by atoms with E-state index in [1.165, 1.54) is 0 Å². The van der Waals surface area contributed by atoms with Crippen molar-refractivity contribution < 1.29 is 18.9 Å². The van der Waals surface area contributed by atoms with Gasteiger partial charge in [-0.25, -0.2) is 0 Å². The lowest BCUT2D eigenvalue weighted by atomic mass is 10.0. The molecule has 2 saturated heterocycles. The van der Waals surface area contributed by atoms with Gasteiger partial charge in [-0.15, -0.1) is 0 Å². The van der Waals surface area contributed by atoms with Crippen molar-refractivity contribution in [1.82, 2.24) is 0 Å². The first kappa shape index (κ1) is 14.7. The topological polar surface area (TPSA) is 36.9 Å². The molecule has 2 heterocycles. The molecule has 110 valence electrons. The summed E-state index contributed by atoms with van der Waals surface area (Å²) in [6, 6.07) is 9.86. The van der Waals surface area contributed by atoms with E-state index >= 15 is 0 Å². The second-order valence-corrected chi connectivity index (χ2v) is 6.13. The molecule has 0 bridgehead atoms. The van der Waals surface area contributed by atoms with Gasteiger partial charge in [0.1, 0.15) is 12.2 Å². The monoisotopic (exact) mass is 314 g/mol. The molecule has 0 N–H and O–H groups in total. The summed E-state index contributed by atoms with van der Waals surface area (Å²) in [6.45, 7) is 0.460. The Balaban J connectivity index is 1.74. The van der Waals surface area contributed by atoms with Crippen molar-refractivity contribution in [3.05, 3.63) is 35.9 Å². The summed E-state index contributed by atoms with van der Waals surface area (Å²) in [5.41, 5.74) is 0.996. The maximum atomic E-state index is 6.02. The molecule has 0 radical (unpaired) electrons. The SMILES string of the molecule is COC1OC2COC(c3ccccc3)OC2C(S)C1S. The van der Waals surface area contributed by atoms with Gasteiger partial charge in [-0.2, -0.15) is 25.3 Å². The normalized spacial score (nSPS) is 41.1. The molecule has 0 aromatic heterocycles. The van der Waals surface area contributed by atoms with Crippen molar-refractivity contribution in [3.63, 3.8) is 0 Å². The zero-order valence-corrected chi connectivity index (χ0v) is 12.9. The van der Waals surface area contributed by atoms with Gasteiger partial charge in [0.15, 0.2) is 12.6 Å². The lowest BCUT2D eigenvalue weighted by Gasteiger charge is -2.46. The van der Waals surface area contributed by atoms with Gasteiger partial charge in [0.05, 0.1) is 11.9 Å². The first-order chi connectivity index (χ1) is 9.70. The van der Waals surface area contributed by atoms with Gasteiger partial charge in [-0.05, 0) is 0 Å². The van der Waals surface area contributed by atoms with Gasteiger partial charge in [-0.1, -0.05) is 30.3 Å². The Morgan fingerprint density at radius 2 is 1.85 bits per heavy atom. The first-order valence-corrected chi connectivity index (χ1v) is 7.60. The molecule has 6 unspecified atom stereocenters. The Morgan fingerprint density at radius 3 is 2.55 bits per heavy atom. The van der Waals surface area contributed by atoms with E-state index in [2.05, 4.69) is 25.3 Å². The third-order valence-corrected chi connectivity index (χ3v) is 5.05. The first-order valence-electron chi connectivity index (χ1n) is 6.57. The lowest BCUT2D eigenvalue weighted by Crippen LogP contribution is -2.58. The molecule has 0 saturated carbocycles. The zero-order valence-electron chi connectivity index (χ0n) is 11.1. The zero-order chi connectivity index (χ0) is 14.1. The fourth-order valence-corrected chi connectivity index (χ4v) is 3.32. The molecule has 3 rings (SSSR count). The second kappa shape index (κ2) is 6.25. The molecule has 2 fully saturated rings. The van der Waals surface area contributed by atoms with Crippen LogP contribution >= 0.6 is 25.3 Å². The van der Waals surface area contributed by atoms with Gasteiger partial charge in [-0.3, -0.25) is 0 Å². The van der Waals surface area contributed by atoms with E-state index in [1.54, 1.807) is 7.11 Å². The third-order valence-electron chi connectivity index (χ3n) is 3.64. The van der Waals surface area contributed by atoms with Crippen LogP contribution in [0.25, 0.3) is 0 Å². The van der Waals surface area contributed by atoms with Crippen LogP contribution in [0.4, 0.5) is 0 Å². The van der Waals surface area contributed by atoms with Crippen LogP contribution in [0.15, 0.2) is 30.3 Å². The summed E-state index contributed by atoms with van der Waals surface area (Å²) < 4.78 is 22.9. The standard InChI is InChI=1S/C14H18O4S2/c1-15-14-12(20)11(19)10-9(17-14)7-16-13(18-10)8-5-3-2-4-6-8/h2-6,9-14,19-20H,7H2,1H3. The Morgan fingerprint density at radius 1 is 1.10 bits per heavy atom. The molecule has 6 heteroatoms. The van der Waals surface area contributed by atoms with Gasteiger partial charge in [0.25, 0.3) is 0 Å².